The maximum absolute atomic E-state index is 12.1. The fraction of sp³-hybridized carbons (Fsp3) is 0.0588. The van der Waals surface area contributed by atoms with Crippen molar-refractivity contribution in [2.75, 3.05) is 12.5 Å². The fourth-order valence-corrected chi connectivity index (χ4v) is 8.97. The number of benzene rings is 5. The van der Waals surface area contributed by atoms with Crippen LogP contribution in [0.4, 0.5) is 17.1 Å². The Morgan fingerprint density at radius 1 is 0.694 bits per heavy atom. The normalized spacial score (nSPS) is 12.6. The largest absolute Gasteiger partial charge is 2.00 e. The average molecular weight is 1110 g/mol. The van der Waals surface area contributed by atoms with Gasteiger partial charge in [-0.2, -0.15) is 5.11 Å². The van der Waals surface area contributed by atoms with Crippen molar-refractivity contribution < 1.29 is 31.2 Å². The first-order chi connectivity index (χ1) is 22.8. The number of allylic oxidation sites excluding steroid dienone is 1. The Labute approximate surface area is 347 Å². The van der Waals surface area contributed by atoms with Crippen molar-refractivity contribution >= 4 is 152 Å². The van der Waals surface area contributed by atoms with Gasteiger partial charge in [0.15, 0.2) is 0 Å². The van der Waals surface area contributed by atoms with Crippen LogP contribution in [0.2, 0.25) is 0 Å². The molecule has 0 fully saturated rings. The van der Waals surface area contributed by atoms with Gasteiger partial charge in [0, 0.05) is 61.1 Å². The summed E-state index contributed by atoms with van der Waals surface area (Å²) in [5.41, 5.74) is 7.96. The van der Waals surface area contributed by atoms with E-state index in [9.17, 15) is 14.1 Å². The van der Waals surface area contributed by atoms with Gasteiger partial charge in [0.05, 0.1) is 11.4 Å². The summed E-state index contributed by atoms with van der Waals surface area (Å²) in [6.45, 7) is 0. The number of ketones is 1. The van der Waals surface area contributed by atoms with E-state index in [2.05, 4.69) is 116 Å². The molecule has 0 atom stereocenters. The van der Waals surface area contributed by atoms with Gasteiger partial charge in [-0.3, -0.25) is 9.00 Å². The Bertz CT molecular complexity index is 2080. The van der Waals surface area contributed by atoms with Crippen molar-refractivity contribution in [3.63, 3.8) is 0 Å². The molecule has 0 aromatic heterocycles. The number of hydrogen-bond donors (Lipinski definition) is 0. The van der Waals surface area contributed by atoms with Crippen LogP contribution in [0.1, 0.15) is 11.1 Å². The molecular formula is C34H22Br6CuN4O3S. The smallest absolute Gasteiger partial charge is 0.871 e. The van der Waals surface area contributed by atoms with Gasteiger partial charge in [-0.25, -0.2) is 0 Å². The summed E-state index contributed by atoms with van der Waals surface area (Å²) < 4.78 is 14.5. The van der Waals surface area contributed by atoms with Crippen LogP contribution in [0.3, 0.4) is 0 Å². The third-order valence-electron chi connectivity index (χ3n) is 6.19. The Morgan fingerprint density at radius 2 is 1.22 bits per heavy atom. The molecule has 0 unspecified atom stereocenters. The molecule has 1 radical (unpaired) electrons. The molecule has 255 valence electrons. The van der Waals surface area contributed by atoms with Crippen molar-refractivity contribution in [1.82, 2.24) is 0 Å². The van der Waals surface area contributed by atoms with Crippen molar-refractivity contribution in [2.24, 2.45) is 15.3 Å². The van der Waals surface area contributed by atoms with E-state index >= 15 is 0 Å². The van der Waals surface area contributed by atoms with E-state index in [1.54, 1.807) is 24.7 Å². The molecule has 0 amide bonds. The molecule has 0 aliphatic heterocycles. The first-order valence-electron chi connectivity index (χ1n) is 13.6. The molecule has 5 aromatic carbocycles. The van der Waals surface area contributed by atoms with Gasteiger partial charge in [0.2, 0.25) is 5.78 Å². The molecule has 0 saturated carbocycles. The van der Waals surface area contributed by atoms with E-state index in [0.717, 1.165) is 48.7 Å². The Hall–Kier alpha value is -1.81. The molecule has 0 bridgehead atoms. The predicted octanol–water partition coefficient (Wildman–Crippen LogP) is 12.6. The summed E-state index contributed by atoms with van der Waals surface area (Å²) in [6.07, 6.45) is 6.59. The van der Waals surface area contributed by atoms with Crippen molar-refractivity contribution in [2.45, 2.75) is 0 Å². The number of fused-ring (bicyclic) bond motifs is 2. The number of azo groups is 1. The summed E-state index contributed by atoms with van der Waals surface area (Å²) in [5, 5.41) is 26.5. The van der Waals surface area contributed by atoms with Gasteiger partial charge >= 0.3 is 17.1 Å². The van der Waals surface area contributed by atoms with Crippen LogP contribution in [0.15, 0.2) is 133 Å². The zero-order valence-corrected chi connectivity index (χ0v) is 36.5. The van der Waals surface area contributed by atoms with Crippen LogP contribution in [0.25, 0.3) is 22.3 Å². The van der Waals surface area contributed by atoms with Crippen molar-refractivity contribution in [1.29, 1.82) is 0 Å². The fourth-order valence-electron chi connectivity index (χ4n) is 4.14. The Balaban J connectivity index is 0.000000235. The van der Waals surface area contributed by atoms with Crippen LogP contribution in [0, 0.1) is 0 Å². The molecule has 0 heterocycles. The number of halogens is 6. The van der Waals surface area contributed by atoms with E-state index in [-0.39, 0.29) is 28.6 Å². The van der Waals surface area contributed by atoms with Gasteiger partial charge in [-0.15, -0.1) is 5.11 Å². The number of nitrogens with zero attached hydrogens (tertiary/aromatic N) is 4. The minimum atomic E-state index is -0.611. The van der Waals surface area contributed by atoms with Crippen LogP contribution in [-0.4, -0.2) is 28.2 Å². The van der Waals surface area contributed by atoms with Gasteiger partial charge < -0.3 is 15.6 Å². The van der Waals surface area contributed by atoms with Gasteiger partial charge in [-0.05, 0) is 73.2 Å². The van der Waals surface area contributed by atoms with Crippen molar-refractivity contribution in [3.8, 4) is 5.75 Å². The molecule has 15 heteroatoms. The first kappa shape index (κ1) is 41.6. The molecule has 0 N–H and O–H groups in total. The summed E-state index contributed by atoms with van der Waals surface area (Å²) in [6, 6.07) is 26.1. The quantitative estimate of drug-likeness (QED) is 0.102. The Kier molecular flexibility index (Phi) is 16.7. The Morgan fingerprint density at radius 3 is 1.86 bits per heavy atom. The van der Waals surface area contributed by atoms with Crippen LogP contribution < -0.4 is 5.11 Å². The molecule has 49 heavy (non-hydrogen) atoms. The molecule has 0 spiro atoms. The monoisotopic (exact) mass is 1100 g/mol. The third kappa shape index (κ3) is 11.6. The topological polar surface area (TPSA) is 108 Å². The molecule has 5 aromatic rings. The van der Waals surface area contributed by atoms with E-state index in [0.29, 0.717) is 22.8 Å². The van der Waals surface area contributed by atoms with Crippen molar-refractivity contribution in [3.05, 3.63) is 134 Å². The van der Waals surface area contributed by atoms with E-state index in [1.165, 1.54) is 12.1 Å². The van der Waals surface area contributed by atoms with Crippen LogP contribution in [0.5, 0.6) is 5.75 Å². The standard InChI is InChI=1S/2C16H9Br3N2O.C2H6OS.Cu/c2*17-10-7-12(18)16(13(19)8-10)21-20-15-11-4-2-1-3-9(11)5-6-14(15)22;1-4(2)3;/h1-8H,(H,21,22);1-8,22H;1-2H3;/q;;;+2/p-2. The summed E-state index contributed by atoms with van der Waals surface area (Å²) >= 11 is 20.6. The second-order valence-corrected chi connectivity index (χ2v) is 16.6. The average Bonchev–Trinajstić information content (AvgIpc) is 3.02. The van der Waals surface area contributed by atoms with Crippen LogP contribution >= 0.6 is 95.6 Å². The molecule has 1 aliphatic rings. The zero-order valence-electron chi connectivity index (χ0n) is 25.2. The molecule has 1 aliphatic carbocycles. The van der Waals surface area contributed by atoms with E-state index in [4.69, 9.17) is 0 Å². The minimum absolute atomic E-state index is 0. The number of carbonyl (C=O) groups is 1. The predicted molar refractivity (Wildman–Crippen MR) is 217 cm³/mol. The van der Waals surface area contributed by atoms with E-state index in [1.807, 2.05) is 72.8 Å². The zero-order chi connectivity index (χ0) is 35.0. The molecular weight excluding hydrogens is 1090 g/mol. The third-order valence-corrected chi connectivity index (χ3v) is 9.52. The summed E-state index contributed by atoms with van der Waals surface area (Å²) in [4.78, 5) is 12.1. The second-order valence-electron chi connectivity index (χ2n) is 9.84. The van der Waals surface area contributed by atoms with Crippen LogP contribution in [-0.2, 0) is 32.7 Å². The molecule has 6 rings (SSSR count). The number of rotatable bonds is 4. The summed E-state index contributed by atoms with van der Waals surface area (Å²) in [7, 11) is -0.611. The SMILES string of the molecule is CS(C)=O.O=C1C=Cc2ccccc2/C1=N/[N-]c1c(Br)cc(Br)cc1Br.[Cu+2].[O-]c1ccc2ccccc2c1N=Nc1c(Br)cc(Br)cc1Br. The van der Waals surface area contributed by atoms with Gasteiger partial charge in [-0.1, -0.05) is 142 Å². The van der Waals surface area contributed by atoms with E-state index < -0.39 is 10.8 Å². The maximum Gasteiger partial charge on any atom is 2.00 e. The second kappa shape index (κ2) is 19.7. The molecule has 0 saturated heterocycles. The van der Waals surface area contributed by atoms with Gasteiger partial charge in [0.25, 0.3) is 0 Å². The minimum Gasteiger partial charge on any atom is -0.871 e. The first-order valence-corrected chi connectivity index (χ1v) is 20.3. The number of carbonyl (C=O) groups excluding carboxylic acids is 1. The number of hydrogen-bond acceptors (Lipinski definition) is 6. The molecule has 7 nitrogen and oxygen atoms in total. The maximum atomic E-state index is 12.1. The van der Waals surface area contributed by atoms with Gasteiger partial charge in [0.1, 0.15) is 5.69 Å². The summed E-state index contributed by atoms with van der Waals surface area (Å²) in [5.74, 6) is -0.293.